The fraction of sp³-hybridized carbons (Fsp3) is 0.500. The van der Waals surface area contributed by atoms with Gasteiger partial charge in [-0.15, -0.1) is 0 Å². The lowest BCUT2D eigenvalue weighted by Gasteiger charge is -2.27. The van der Waals surface area contributed by atoms with E-state index in [2.05, 4.69) is 6.07 Å². The molecule has 0 unspecified atom stereocenters. The highest BCUT2D eigenvalue weighted by molar-refractivity contribution is 5.96. The number of nitrogens with zero attached hydrogens (tertiary/aromatic N) is 4. The first-order valence-corrected chi connectivity index (χ1v) is 7.90. The molecule has 0 saturated carbocycles. The molecule has 0 aliphatic heterocycles. The zero-order chi connectivity index (χ0) is 18.3. The van der Waals surface area contributed by atoms with Crippen molar-refractivity contribution < 1.29 is 9.59 Å². The summed E-state index contributed by atoms with van der Waals surface area (Å²) in [6.45, 7) is 4.61. The maximum atomic E-state index is 12.7. The Bertz CT molecular complexity index is 634. The molecule has 0 fully saturated rings. The lowest BCUT2D eigenvalue weighted by Crippen LogP contribution is -2.43. The first-order valence-electron chi connectivity index (χ1n) is 7.90. The number of amides is 2. The van der Waals surface area contributed by atoms with Crippen molar-refractivity contribution >= 4 is 17.5 Å². The van der Waals surface area contributed by atoms with Crippen LogP contribution in [-0.2, 0) is 9.59 Å². The van der Waals surface area contributed by atoms with Gasteiger partial charge in [0.15, 0.2) is 0 Å². The van der Waals surface area contributed by atoms with E-state index in [4.69, 9.17) is 5.26 Å². The SMILES string of the molecule is Cc1cccc(N(CCC#N)C(=O)CN(C)CC(=O)N(C)C)c1C. The van der Waals surface area contributed by atoms with Gasteiger partial charge in [-0.3, -0.25) is 14.5 Å². The van der Waals surface area contributed by atoms with Crippen molar-refractivity contribution in [3.8, 4) is 6.07 Å². The number of hydrogen-bond acceptors (Lipinski definition) is 4. The minimum atomic E-state index is -0.118. The van der Waals surface area contributed by atoms with Crippen LogP contribution in [0.2, 0.25) is 0 Å². The van der Waals surface area contributed by atoms with Gasteiger partial charge in [0.25, 0.3) is 0 Å². The molecule has 0 aliphatic carbocycles. The molecule has 1 aromatic carbocycles. The maximum absolute atomic E-state index is 12.7. The van der Waals surface area contributed by atoms with Crippen molar-refractivity contribution in [2.24, 2.45) is 0 Å². The minimum Gasteiger partial charge on any atom is -0.348 e. The normalized spacial score (nSPS) is 10.4. The highest BCUT2D eigenvalue weighted by Gasteiger charge is 2.20. The van der Waals surface area contributed by atoms with E-state index in [1.807, 2.05) is 32.0 Å². The predicted octanol–water partition coefficient (Wildman–Crippen LogP) is 1.57. The third-order valence-corrected chi connectivity index (χ3v) is 3.92. The summed E-state index contributed by atoms with van der Waals surface area (Å²) < 4.78 is 0. The standard InChI is InChI=1S/C18H26N4O2/c1-14-8-6-9-16(15(14)2)22(11-7-10-19)18(24)13-21(5)12-17(23)20(3)4/h6,8-9H,7,11-13H2,1-5H3. The van der Waals surface area contributed by atoms with Gasteiger partial charge in [0.1, 0.15) is 0 Å². The van der Waals surface area contributed by atoms with Gasteiger partial charge in [0.05, 0.1) is 25.6 Å². The monoisotopic (exact) mass is 330 g/mol. The largest absolute Gasteiger partial charge is 0.348 e. The molecule has 0 atom stereocenters. The lowest BCUT2D eigenvalue weighted by molar-refractivity contribution is -0.130. The molecule has 0 spiro atoms. The number of carbonyl (C=O) groups excluding carboxylic acids is 2. The van der Waals surface area contributed by atoms with Gasteiger partial charge in [-0.1, -0.05) is 12.1 Å². The number of benzene rings is 1. The van der Waals surface area contributed by atoms with Gasteiger partial charge in [-0.2, -0.15) is 5.26 Å². The second kappa shape index (κ2) is 9.04. The third kappa shape index (κ3) is 5.36. The second-order valence-corrected chi connectivity index (χ2v) is 6.13. The molecule has 130 valence electrons. The molecular weight excluding hydrogens is 304 g/mol. The number of likely N-dealkylation sites (N-methyl/N-ethyl adjacent to an activating group) is 2. The van der Waals surface area contributed by atoms with E-state index in [-0.39, 0.29) is 31.3 Å². The number of carbonyl (C=O) groups is 2. The minimum absolute atomic E-state index is 0.0550. The Balaban J connectivity index is 2.92. The Morgan fingerprint density at radius 3 is 2.29 bits per heavy atom. The van der Waals surface area contributed by atoms with E-state index in [1.165, 1.54) is 4.90 Å². The summed E-state index contributed by atoms with van der Waals surface area (Å²) in [6, 6.07) is 7.88. The molecule has 0 aromatic heterocycles. The number of rotatable bonds is 7. The quantitative estimate of drug-likeness (QED) is 0.761. The molecule has 0 N–H and O–H groups in total. The Hall–Kier alpha value is -2.39. The van der Waals surface area contributed by atoms with Gasteiger partial charge in [0, 0.05) is 26.3 Å². The summed E-state index contributed by atoms with van der Waals surface area (Å²) in [5.74, 6) is -0.173. The summed E-state index contributed by atoms with van der Waals surface area (Å²) in [4.78, 5) is 29.3. The van der Waals surface area contributed by atoms with Gasteiger partial charge in [-0.25, -0.2) is 0 Å². The van der Waals surface area contributed by atoms with E-state index in [9.17, 15) is 9.59 Å². The molecule has 0 saturated heterocycles. The highest BCUT2D eigenvalue weighted by Crippen LogP contribution is 2.23. The van der Waals surface area contributed by atoms with Gasteiger partial charge < -0.3 is 9.80 Å². The summed E-state index contributed by atoms with van der Waals surface area (Å²) in [6.07, 6.45) is 0.263. The molecule has 0 radical (unpaired) electrons. The van der Waals surface area contributed by atoms with E-state index in [0.29, 0.717) is 6.54 Å². The van der Waals surface area contributed by atoms with Crippen LogP contribution in [0.5, 0.6) is 0 Å². The summed E-state index contributed by atoms with van der Waals surface area (Å²) >= 11 is 0. The molecule has 1 aromatic rings. The summed E-state index contributed by atoms with van der Waals surface area (Å²) in [7, 11) is 5.12. The zero-order valence-electron chi connectivity index (χ0n) is 15.2. The topological polar surface area (TPSA) is 67.6 Å². The highest BCUT2D eigenvalue weighted by atomic mass is 16.2. The molecule has 1 rings (SSSR count). The number of anilines is 1. The fourth-order valence-electron chi connectivity index (χ4n) is 2.31. The van der Waals surface area contributed by atoms with Crippen LogP contribution < -0.4 is 4.90 Å². The smallest absolute Gasteiger partial charge is 0.241 e. The fourth-order valence-corrected chi connectivity index (χ4v) is 2.31. The number of nitriles is 1. The number of hydrogen-bond donors (Lipinski definition) is 0. The van der Waals surface area contributed by atoms with Crippen molar-refractivity contribution in [1.82, 2.24) is 9.80 Å². The van der Waals surface area contributed by atoms with Crippen LogP contribution >= 0.6 is 0 Å². The zero-order valence-corrected chi connectivity index (χ0v) is 15.2. The third-order valence-electron chi connectivity index (χ3n) is 3.92. The molecule has 0 bridgehead atoms. The van der Waals surface area contributed by atoms with Crippen LogP contribution in [0.15, 0.2) is 18.2 Å². The van der Waals surface area contributed by atoms with Crippen molar-refractivity contribution in [2.45, 2.75) is 20.3 Å². The van der Waals surface area contributed by atoms with Crippen LogP contribution in [0.3, 0.4) is 0 Å². The molecule has 0 heterocycles. The van der Waals surface area contributed by atoms with Gasteiger partial charge >= 0.3 is 0 Å². The van der Waals surface area contributed by atoms with Crippen LogP contribution in [0.1, 0.15) is 17.5 Å². The molecule has 0 aliphatic rings. The second-order valence-electron chi connectivity index (χ2n) is 6.13. The van der Waals surface area contributed by atoms with E-state index >= 15 is 0 Å². The van der Waals surface area contributed by atoms with Crippen LogP contribution in [0, 0.1) is 25.2 Å². The Morgan fingerprint density at radius 1 is 1.08 bits per heavy atom. The molecule has 6 nitrogen and oxygen atoms in total. The first kappa shape index (κ1) is 19.7. The van der Waals surface area contributed by atoms with Crippen LogP contribution in [0.4, 0.5) is 5.69 Å². The Kier molecular flexibility index (Phi) is 7.40. The number of aryl methyl sites for hydroxylation is 1. The van der Waals surface area contributed by atoms with Gasteiger partial charge in [-0.05, 0) is 38.1 Å². The van der Waals surface area contributed by atoms with Crippen molar-refractivity contribution in [1.29, 1.82) is 5.26 Å². The van der Waals surface area contributed by atoms with Crippen molar-refractivity contribution in [2.75, 3.05) is 45.7 Å². The van der Waals surface area contributed by atoms with Crippen molar-refractivity contribution in [3.63, 3.8) is 0 Å². The first-order chi connectivity index (χ1) is 11.3. The maximum Gasteiger partial charge on any atom is 0.241 e. The average Bonchev–Trinajstić information content (AvgIpc) is 2.51. The lowest BCUT2D eigenvalue weighted by atomic mass is 10.1. The molecule has 6 heteroatoms. The van der Waals surface area contributed by atoms with Crippen LogP contribution in [-0.4, -0.2) is 62.4 Å². The molecular formula is C18H26N4O2. The summed E-state index contributed by atoms with van der Waals surface area (Å²) in [5.41, 5.74) is 2.94. The van der Waals surface area contributed by atoms with Gasteiger partial charge in [0.2, 0.25) is 11.8 Å². The molecule has 2 amide bonds. The predicted molar refractivity (Wildman–Crippen MR) is 94.7 cm³/mol. The van der Waals surface area contributed by atoms with E-state index in [0.717, 1.165) is 16.8 Å². The average molecular weight is 330 g/mol. The van der Waals surface area contributed by atoms with Crippen LogP contribution in [0.25, 0.3) is 0 Å². The van der Waals surface area contributed by atoms with E-state index < -0.39 is 0 Å². The Labute approximate surface area is 144 Å². The van der Waals surface area contributed by atoms with E-state index in [1.54, 1.807) is 30.9 Å². The molecule has 24 heavy (non-hydrogen) atoms. The Morgan fingerprint density at radius 2 is 1.71 bits per heavy atom. The summed E-state index contributed by atoms with van der Waals surface area (Å²) in [5, 5.41) is 8.88. The van der Waals surface area contributed by atoms with Crippen molar-refractivity contribution in [3.05, 3.63) is 29.3 Å².